The van der Waals surface area contributed by atoms with E-state index in [-0.39, 0.29) is 5.56 Å². The first-order chi connectivity index (χ1) is 13.8. The van der Waals surface area contributed by atoms with E-state index in [1.165, 1.54) is 6.07 Å². The Morgan fingerprint density at radius 3 is 2.34 bits per heavy atom. The van der Waals surface area contributed by atoms with Crippen molar-refractivity contribution in [3.63, 3.8) is 0 Å². The molecule has 0 aliphatic rings. The number of alkyl halides is 2. The number of aromatic nitrogens is 3. The second-order valence-electron chi connectivity index (χ2n) is 6.95. The zero-order valence-corrected chi connectivity index (χ0v) is 17.3. The summed E-state index contributed by atoms with van der Waals surface area (Å²) in [5.74, 6) is 0. The zero-order valence-electron chi connectivity index (χ0n) is 15.8. The molecule has 0 unspecified atom stereocenters. The first-order valence-corrected chi connectivity index (χ1v) is 9.76. The summed E-state index contributed by atoms with van der Waals surface area (Å²) in [5.41, 5.74) is 4.03. The third-order valence-corrected chi connectivity index (χ3v) is 5.55. The number of aryl methyl sites for hydroxylation is 2. The van der Waals surface area contributed by atoms with Crippen LogP contribution in [0, 0.1) is 13.8 Å². The Labute approximate surface area is 176 Å². The van der Waals surface area contributed by atoms with Gasteiger partial charge in [0, 0.05) is 11.1 Å². The maximum Gasteiger partial charge on any atom is 0.264 e. The van der Waals surface area contributed by atoms with Gasteiger partial charge in [-0.2, -0.15) is 5.10 Å². The number of fused-ring (bicyclic) bond motifs is 1. The fraction of sp³-hybridized carbons (Fsp3) is 0.182. The second-order valence-corrected chi connectivity index (χ2v) is 7.77. The first kappa shape index (κ1) is 19.8. The van der Waals surface area contributed by atoms with E-state index in [4.69, 9.17) is 23.2 Å². The SMILES string of the molecule is Cc1ccc(Cn2nc(C)c3c(C(F)F)cc(-c4ccc(Cl)c(Cl)c4)nc32)cc1. The van der Waals surface area contributed by atoms with Crippen molar-refractivity contribution in [1.82, 2.24) is 14.8 Å². The second kappa shape index (κ2) is 7.73. The Bertz CT molecular complexity index is 1200. The minimum Gasteiger partial charge on any atom is -0.243 e. The van der Waals surface area contributed by atoms with Gasteiger partial charge >= 0.3 is 0 Å². The van der Waals surface area contributed by atoms with Gasteiger partial charge in [0.1, 0.15) is 0 Å². The summed E-state index contributed by atoms with van der Waals surface area (Å²) in [6, 6.07) is 14.4. The summed E-state index contributed by atoms with van der Waals surface area (Å²) in [7, 11) is 0. The molecule has 0 saturated heterocycles. The Balaban J connectivity index is 1.90. The van der Waals surface area contributed by atoms with Crippen LogP contribution in [-0.2, 0) is 6.54 Å². The van der Waals surface area contributed by atoms with Crippen molar-refractivity contribution in [1.29, 1.82) is 0 Å². The van der Waals surface area contributed by atoms with Crippen LogP contribution in [0.1, 0.15) is 28.8 Å². The number of rotatable bonds is 4. The molecule has 29 heavy (non-hydrogen) atoms. The van der Waals surface area contributed by atoms with Crippen LogP contribution in [0.15, 0.2) is 48.5 Å². The first-order valence-electron chi connectivity index (χ1n) is 9.00. The van der Waals surface area contributed by atoms with Crippen LogP contribution in [0.25, 0.3) is 22.3 Å². The molecule has 0 aliphatic carbocycles. The molecule has 2 aromatic heterocycles. The topological polar surface area (TPSA) is 30.7 Å². The molecule has 0 aliphatic heterocycles. The maximum atomic E-state index is 13.9. The van der Waals surface area contributed by atoms with Gasteiger partial charge in [0.25, 0.3) is 6.43 Å². The Hall–Kier alpha value is -2.50. The van der Waals surface area contributed by atoms with Crippen molar-refractivity contribution in [2.45, 2.75) is 26.8 Å². The fourth-order valence-corrected chi connectivity index (χ4v) is 3.64. The minimum atomic E-state index is -2.65. The van der Waals surface area contributed by atoms with Crippen molar-refractivity contribution in [3.05, 3.63) is 81.0 Å². The molecule has 0 saturated carbocycles. The van der Waals surface area contributed by atoms with Crippen molar-refractivity contribution in [2.75, 3.05) is 0 Å². The third-order valence-electron chi connectivity index (χ3n) is 4.81. The number of pyridine rings is 1. The maximum absolute atomic E-state index is 13.9. The van der Waals surface area contributed by atoms with Crippen LogP contribution in [0.2, 0.25) is 10.0 Å². The summed E-state index contributed by atoms with van der Waals surface area (Å²) in [6.07, 6.45) is -2.65. The molecule has 148 valence electrons. The molecule has 0 N–H and O–H groups in total. The lowest BCUT2D eigenvalue weighted by molar-refractivity contribution is 0.153. The molecule has 0 bridgehead atoms. The van der Waals surface area contributed by atoms with E-state index in [1.807, 2.05) is 31.2 Å². The summed E-state index contributed by atoms with van der Waals surface area (Å²) in [4.78, 5) is 4.66. The van der Waals surface area contributed by atoms with Crippen molar-refractivity contribution >= 4 is 34.2 Å². The Morgan fingerprint density at radius 1 is 0.966 bits per heavy atom. The zero-order chi connectivity index (χ0) is 20.7. The van der Waals surface area contributed by atoms with Gasteiger partial charge in [-0.25, -0.2) is 18.4 Å². The van der Waals surface area contributed by atoms with Crippen molar-refractivity contribution in [2.24, 2.45) is 0 Å². The molecule has 2 heterocycles. The van der Waals surface area contributed by atoms with Crippen LogP contribution < -0.4 is 0 Å². The molecular weight excluding hydrogens is 415 g/mol. The normalized spacial score (nSPS) is 11.6. The Kier molecular flexibility index (Phi) is 5.28. The lowest BCUT2D eigenvalue weighted by Crippen LogP contribution is -2.04. The van der Waals surface area contributed by atoms with Crippen LogP contribution >= 0.6 is 23.2 Å². The number of hydrogen-bond acceptors (Lipinski definition) is 2. The molecule has 0 radical (unpaired) electrons. The van der Waals surface area contributed by atoms with Crippen LogP contribution in [-0.4, -0.2) is 14.8 Å². The third kappa shape index (κ3) is 3.85. The predicted molar refractivity (Wildman–Crippen MR) is 113 cm³/mol. The van der Waals surface area contributed by atoms with E-state index in [2.05, 4.69) is 10.1 Å². The van der Waals surface area contributed by atoms with Gasteiger partial charge in [-0.1, -0.05) is 59.1 Å². The number of halogens is 4. The van der Waals surface area contributed by atoms with E-state index in [0.29, 0.717) is 44.6 Å². The van der Waals surface area contributed by atoms with Crippen molar-refractivity contribution in [3.8, 4) is 11.3 Å². The number of hydrogen-bond donors (Lipinski definition) is 0. The van der Waals surface area contributed by atoms with Gasteiger partial charge in [0.15, 0.2) is 5.65 Å². The number of benzene rings is 2. The molecule has 4 rings (SSSR count). The van der Waals surface area contributed by atoms with Gasteiger partial charge in [-0.15, -0.1) is 0 Å². The average Bonchev–Trinajstić information content (AvgIpc) is 3.00. The van der Waals surface area contributed by atoms with Gasteiger partial charge in [0.2, 0.25) is 0 Å². The van der Waals surface area contributed by atoms with Gasteiger partial charge in [0.05, 0.1) is 33.4 Å². The summed E-state index contributed by atoms with van der Waals surface area (Å²) < 4.78 is 29.4. The van der Waals surface area contributed by atoms with E-state index in [1.54, 1.807) is 29.8 Å². The molecule has 0 fully saturated rings. The molecule has 0 spiro atoms. The van der Waals surface area contributed by atoms with Crippen molar-refractivity contribution < 1.29 is 8.78 Å². The molecule has 4 aromatic rings. The highest BCUT2D eigenvalue weighted by molar-refractivity contribution is 6.42. The van der Waals surface area contributed by atoms with Gasteiger partial charge in [-0.05, 0) is 37.6 Å². The average molecular weight is 432 g/mol. The predicted octanol–water partition coefficient (Wildman–Crippen LogP) is 7.01. The van der Waals surface area contributed by atoms with E-state index in [0.717, 1.165) is 11.1 Å². The minimum absolute atomic E-state index is 0.0938. The Morgan fingerprint density at radius 2 is 1.69 bits per heavy atom. The lowest BCUT2D eigenvalue weighted by atomic mass is 10.1. The molecule has 0 amide bonds. The highest BCUT2D eigenvalue weighted by Crippen LogP contribution is 2.35. The highest BCUT2D eigenvalue weighted by atomic mass is 35.5. The summed E-state index contributed by atoms with van der Waals surface area (Å²) in [6.45, 7) is 4.17. The lowest BCUT2D eigenvalue weighted by Gasteiger charge is -2.10. The molecule has 3 nitrogen and oxygen atoms in total. The molecule has 7 heteroatoms. The van der Waals surface area contributed by atoms with Crippen LogP contribution in [0.4, 0.5) is 8.78 Å². The van der Waals surface area contributed by atoms with E-state index < -0.39 is 6.43 Å². The van der Waals surface area contributed by atoms with E-state index in [9.17, 15) is 8.78 Å². The quantitative estimate of drug-likeness (QED) is 0.347. The van der Waals surface area contributed by atoms with Gasteiger partial charge < -0.3 is 0 Å². The largest absolute Gasteiger partial charge is 0.264 e. The number of nitrogens with zero attached hydrogens (tertiary/aromatic N) is 3. The molecule has 0 atom stereocenters. The van der Waals surface area contributed by atoms with Gasteiger partial charge in [-0.3, -0.25) is 0 Å². The summed E-state index contributed by atoms with van der Waals surface area (Å²) >= 11 is 12.1. The fourth-order valence-electron chi connectivity index (χ4n) is 3.34. The van der Waals surface area contributed by atoms with E-state index >= 15 is 0 Å². The smallest absolute Gasteiger partial charge is 0.243 e. The highest BCUT2D eigenvalue weighted by Gasteiger charge is 2.21. The molecule has 2 aromatic carbocycles. The monoisotopic (exact) mass is 431 g/mol. The van der Waals surface area contributed by atoms with Crippen LogP contribution in [0.5, 0.6) is 0 Å². The standard InChI is InChI=1S/C22H17Cl2F2N3/c1-12-3-5-14(6-4-12)11-29-22-20(13(2)28-29)16(21(25)26)10-19(27-22)15-7-8-17(23)18(24)9-15/h3-10,21H,11H2,1-2H3. The molecular formula is C22H17Cl2F2N3. The van der Waals surface area contributed by atoms with Crippen LogP contribution in [0.3, 0.4) is 0 Å². The summed E-state index contributed by atoms with van der Waals surface area (Å²) in [5, 5.41) is 5.61.